The SMILES string of the molecule is O=[N+]([O-])N(O)c1ccccc1.S. The van der Waals surface area contributed by atoms with Crippen molar-refractivity contribution >= 4 is 19.2 Å². The summed E-state index contributed by atoms with van der Waals surface area (Å²) in [4.78, 5) is 9.98. The first-order chi connectivity index (χ1) is 5.22. The Balaban J connectivity index is 0.00000121. The number of hydrogen-bond donors (Lipinski definition) is 1. The van der Waals surface area contributed by atoms with Crippen LogP contribution in [0.15, 0.2) is 30.3 Å². The van der Waals surface area contributed by atoms with Gasteiger partial charge >= 0.3 is 0 Å². The molecule has 0 amide bonds. The summed E-state index contributed by atoms with van der Waals surface area (Å²) in [6.45, 7) is 0. The van der Waals surface area contributed by atoms with E-state index in [1.807, 2.05) is 0 Å². The van der Waals surface area contributed by atoms with Crippen molar-refractivity contribution in [1.82, 2.24) is 0 Å². The van der Waals surface area contributed by atoms with E-state index in [0.29, 0.717) is 0 Å². The van der Waals surface area contributed by atoms with Gasteiger partial charge in [0, 0.05) is 5.17 Å². The molecule has 6 heteroatoms. The predicted molar refractivity (Wildman–Crippen MR) is 48.1 cm³/mol. The molecule has 0 saturated heterocycles. The molecule has 0 radical (unpaired) electrons. The van der Waals surface area contributed by atoms with E-state index in [2.05, 4.69) is 0 Å². The highest BCUT2D eigenvalue weighted by atomic mass is 32.1. The molecular formula is C6H8N2O3S. The summed E-state index contributed by atoms with van der Waals surface area (Å²) >= 11 is 0. The van der Waals surface area contributed by atoms with Gasteiger partial charge in [-0.25, -0.2) is 15.3 Å². The first-order valence-corrected chi connectivity index (χ1v) is 2.90. The van der Waals surface area contributed by atoms with Crippen molar-refractivity contribution < 1.29 is 10.2 Å². The maximum Gasteiger partial charge on any atom is 0.192 e. The zero-order valence-corrected chi connectivity index (χ0v) is 7.04. The molecule has 0 atom stereocenters. The average molecular weight is 188 g/mol. The molecule has 0 unspecified atom stereocenters. The van der Waals surface area contributed by atoms with Crippen LogP contribution >= 0.6 is 13.5 Å². The van der Waals surface area contributed by atoms with E-state index in [0.717, 1.165) is 0 Å². The second kappa shape index (κ2) is 4.58. The number of anilines is 1. The molecule has 66 valence electrons. The van der Waals surface area contributed by atoms with Crippen molar-refractivity contribution in [1.29, 1.82) is 0 Å². The topological polar surface area (TPSA) is 66.6 Å². The van der Waals surface area contributed by atoms with Crippen LogP contribution in [0.3, 0.4) is 0 Å². The van der Waals surface area contributed by atoms with Gasteiger partial charge in [0.25, 0.3) is 0 Å². The summed E-state index contributed by atoms with van der Waals surface area (Å²) < 4.78 is 0. The van der Waals surface area contributed by atoms with Crippen molar-refractivity contribution in [3.8, 4) is 0 Å². The van der Waals surface area contributed by atoms with Crippen molar-refractivity contribution in [2.24, 2.45) is 0 Å². The van der Waals surface area contributed by atoms with Crippen molar-refractivity contribution in [3.63, 3.8) is 0 Å². The molecule has 0 aromatic heterocycles. The van der Waals surface area contributed by atoms with Gasteiger partial charge < -0.3 is 0 Å². The average Bonchev–Trinajstić information content (AvgIpc) is 2.05. The summed E-state index contributed by atoms with van der Waals surface area (Å²) in [7, 11) is 0. The highest BCUT2D eigenvalue weighted by Crippen LogP contribution is 2.09. The van der Waals surface area contributed by atoms with Crippen LogP contribution in [0.1, 0.15) is 0 Å². The van der Waals surface area contributed by atoms with Gasteiger partial charge in [0.05, 0.1) is 0 Å². The number of nitro groups is 1. The molecule has 0 aliphatic carbocycles. The van der Waals surface area contributed by atoms with Crippen LogP contribution in [0.5, 0.6) is 0 Å². The quantitative estimate of drug-likeness (QED) is 0.559. The molecule has 1 N–H and O–H groups in total. The Kier molecular flexibility index (Phi) is 4.09. The van der Waals surface area contributed by atoms with Crippen LogP contribution in [0.25, 0.3) is 0 Å². The largest absolute Gasteiger partial charge is 0.232 e. The number of nitrogens with zero attached hydrogens (tertiary/aromatic N) is 2. The maximum atomic E-state index is 9.98. The second-order valence-corrected chi connectivity index (χ2v) is 1.86. The van der Waals surface area contributed by atoms with E-state index in [4.69, 9.17) is 5.21 Å². The Bertz CT molecular complexity index is 254. The molecule has 0 heterocycles. The molecule has 12 heavy (non-hydrogen) atoms. The minimum Gasteiger partial charge on any atom is -0.232 e. The van der Waals surface area contributed by atoms with Gasteiger partial charge in [0.1, 0.15) is 5.69 Å². The van der Waals surface area contributed by atoms with Crippen molar-refractivity contribution in [2.75, 3.05) is 5.17 Å². The molecule has 0 aliphatic rings. The highest BCUT2D eigenvalue weighted by molar-refractivity contribution is 7.59. The van der Waals surface area contributed by atoms with Gasteiger partial charge in [-0.1, -0.05) is 18.2 Å². The van der Waals surface area contributed by atoms with Crippen LogP contribution in [-0.2, 0) is 0 Å². The third kappa shape index (κ3) is 2.40. The van der Waals surface area contributed by atoms with Crippen LogP contribution in [0, 0.1) is 10.1 Å². The Labute approximate surface area is 75.8 Å². The highest BCUT2D eigenvalue weighted by Gasteiger charge is 2.11. The molecule has 1 rings (SSSR count). The minimum atomic E-state index is -0.907. The van der Waals surface area contributed by atoms with Crippen LogP contribution in [0.4, 0.5) is 5.69 Å². The monoisotopic (exact) mass is 188 g/mol. The Hall–Kier alpha value is -1.27. The number of hydrazine groups is 1. The van der Waals surface area contributed by atoms with Gasteiger partial charge in [-0.3, -0.25) is 0 Å². The van der Waals surface area contributed by atoms with Gasteiger partial charge in [-0.05, 0) is 12.1 Å². The first-order valence-electron chi connectivity index (χ1n) is 2.90. The van der Waals surface area contributed by atoms with Crippen LogP contribution < -0.4 is 5.17 Å². The fourth-order valence-corrected chi connectivity index (χ4v) is 0.656. The smallest absolute Gasteiger partial charge is 0.192 e. The lowest BCUT2D eigenvalue weighted by Gasteiger charge is -2.03. The molecule has 1 aromatic rings. The summed E-state index contributed by atoms with van der Waals surface area (Å²) in [5.74, 6) is 0. The predicted octanol–water partition coefficient (Wildman–Crippen LogP) is 1.19. The zero-order chi connectivity index (χ0) is 8.27. The number of rotatable bonds is 2. The van der Waals surface area contributed by atoms with Gasteiger partial charge in [0.2, 0.25) is 0 Å². The second-order valence-electron chi connectivity index (χ2n) is 1.86. The third-order valence-corrected chi connectivity index (χ3v) is 1.14. The standard InChI is InChI=1S/C6H6N2O3.H2S/c9-7(8(10)11)6-4-2-1-3-5-6;/h1-5,9H;1H2. The van der Waals surface area contributed by atoms with E-state index < -0.39 is 5.03 Å². The summed E-state index contributed by atoms with van der Waals surface area (Å²) in [6.07, 6.45) is 0. The van der Waals surface area contributed by atoms with Gasteiger partial charge in [0.15, 0.2) is 5.03 Å². The first kappa shape index (κ1) is 10.7. The lowest BCUT2D eigenvalue weighted by molar-refractivity contribution is -0.541. The molecule has 0 fully saturated rings. The van der Waals surface area contributed by atoms with E-state index >= 15 is 0 Å². The van der Waals surface area contributed by atoms with Crippen LogP contribution in [-0.4, -0.2) is 10.2 Å². The molecule has 0 aliphatic heterocycles. The van der Waals surface area contributed by atoms with E-state index in [1.54, 1.807) is 18.2 Å². The molecular weight excluding hydrogens is 180 g/mol. The lowest BCUT2D eigenvalue weighted by atomic mass is 10.3. The van der Waals surface area contributed by atoms with Gasteiger partial charge in [-0.2, -0.15) is 13.5 Å². The Morgan fingerprint density at radius 3 is 2.25 bits per heavy atom. The molecule has 5 nitrogen and oxygen atoms in total. The normalized spacial score (nSPS) is 8.42. The third-order valence-electron chi connectivity index (χ3n) is 1.14. The molecule has 0 spiro atoms. The van der Waals surface area contributed by atoms with Crippen LogP contribution in [0.2, 0.25) is 0 Å². The summed E-state index contributed by atoms with van der Waals surface area (Å²) in [5, 5.41) is 17.8. The maximum absolute atomic E-state index is 9.98. The zero-order valence-electron chi connectivity index (χ0n) is 6.04. The summed E-state index contributed by atoms with van der Waals surface area (Å²) in [6, 6.07) is 7.77. The van der Waals surface area contributed by atoms with E-state index in [9.17, 15) is 10.1 Å². The Morgan fingerprint density at radius 2 is 1.83 bits per heavy atom. The Morgan fingerprint density at radius 1 is 1.33 bits per heavy atom. The fraction of sp³-hybridized carbons (Fsp3) is 0. The lowest BCUT2D eigenvalue weighted by Crippen LogP contribution is -2.24. The molecule has 1 aromatic carbocycles. The van der Waals surface area contributed by atoms with E-state index in [1.165, 1.54) is 12.1 Å². The molecule has 0 saturated carbocycles. The fourth-order valence-electron chi connectivity index (χ4n) is 0.656. The number of para-hydroxylation sites is 1. The summed E-state index contributed by atoms with van der Waals surface area (Å²) in [5.41, 5.74) is 0.137. The van der Waals surface area contributed by atoms with Crippen molar-refractivity contribution in [2.45, 2.75) is 0 Å². The molecule has 0 bridgehead atoms. The minimum absolute atomic E-state index is 0. The van der Waals surface area contributed by atoms with E-state index in [-0.39, 0.29) is 24.4 Å². The number of hydrogen-bond acceptors (Lipinski definition) is 3. The van der Waals surface area contributed by atoms with Crippen molar-refractivity contribution in [3.05, 3.63) is 40.4 Å². The van der Waals surface area contributed by atoms with Gasteiger partial charge in [-0.15, -0.1) is 0 Å². The number of benzene rings is 1.